The maximum atomic E-state index is 12.5. The average Bonchev–Trinajstić information content (AvgIpc) is 2.66. The van der Waals surface area contributed by atoms with E-state index in [0.29, 0.717) is 29.9 Å². The first kappa shape index (κ1) is 16.9. The van der Waals surface area contributed by atoms with Crippen LogP contribution in [0.15, 0.2) is 36.9 Å². The normalized spacial score (nSPS) is 18.4. The Morgan fingerprint density at radius 2 is 2.04 bits per heavy atom. The zero-order valence-corrected chi connectivity index (χ0v) is 14.9. The molecular formula is C20H24N4O2. The smallest absolute Gasteiger partial charge is 0.255 e. The first-order valence-corrected chi connectivity index (χ1v) is 9.43. The van der Waals surface area contributed by atoms with Gasteiger partial charge in [-0.25, -0.2) is 9.97 Å². The van der Waals surface area contributed by atoms with Crippen LogP contribution in [0.5, 0.6) is 5.88 Å². The Hall–Kier alpha value is -2.50. The number of rotatable bonds is 5. The van der Waals surface area contributed by atoms with Crippen LogP contribution in [0.25, 0.3) is 0 Å². The Morgan fingerprint density at radius 3 is 2.73 bits per heavy atom. The number of nitrogens with zero attached hydrogens (tertiary/aromatic N) is 4. The standard InChI is InChI=1S/C20H24N4O2/c25-20(17-5-2-8-21-12-17)24-9-6-15(7-10-24)13-26-19-11-18(22-14-23-19)16-3-1-4-16/h2,5,8,11-12,14-16H,1,3-4,6-7,9-10,13H2. The number of carbonyl (C=O) groups excluding carboxylic acids is 1. The molecule has 136 valence electrons. The zero-order valence-electron chi connectivity index (χ0n) is 14.9. The largest absolute Gasteiger partial charge is 0.477 e. The van der Waals surface area contributed by atoms with E-state index in [-0.39, 0.29) is 5.91 Å². The van der Waals surface area contributed by atoms with Crippen LogP contribution in [-0.2, 0) is 0 Å². The molecule has 1 aliphatic heterocycles. The summed E-state index contributed by atoms with van der Waals surface area (Å²) in [6.07, 6.45) is 10.6. The van der Waals surface area contributed by atoms with Crippen LogP contribution < -0.4 is 4.74 Å². The predicted octanol–water partition coefficient (Wildman–Crippen LogP) is 3.07. The van der Waals surface area contributed by atoms with Crippen LogP contribution in [0.4, 0.5) is 0 Å². The van der Waals surface area contributed by atoms with Gasteiger partial charge < -0.3 is 9.64 Å². The SMILES string of the molecule is O=C(c1cccnc1)N1CCC(COc2cc(C3CCC3)ncn2)CC1. The zero-order chi connectivity index (χ0) is 17.8. The lowest BCUT2D eigenvalue weighted by atomic mass is 9.83. The number of amides is 1. The second-order valence-corrected chi connectivity index (χ2v) is 7.20. The lowest BCUT2D eigenvalue weighted by molar-refractivity contribution is 0.0659. The highest BCUT2D eigenvalue weighted by Crippen LogP contribution is 2.35. The van der Waals surface area contributed by atoms with Crippen molar-refractivity contribution in [3.8, 4) is 5.88 Å². The van der Waals surface area contributed by atoms with Gasteiger partial charge in [-0.05, 0) is 43.7 Å². The molecule has 0 bridgehead atoms. The van der Waals surface area contributed by atoms with E-state index in [1.165, 1.54) is 19.3 Å². The molecule has 6 heteroatoms. The summed E-state index contributed by atoms with van der Waals surface area (Å²) in [6, 6.07) is 5.61. The molecule has 1 amide bonds. The molecule has 6 nitrogen and oxygen atoms in total. The van der Waals surface area contributed by atoms with Crippen molar-refractivity contribution in [1.29, 1.82) is 0 Å². The maximum absolute atomic E-state index is 12.5. The van der Waals surface area contributed by atoms with Crippen molar-refractivity contribution < 1.29 is 9.53 Å². The lowest BCUT2D eigenvalue weighted by Crippen LogP contribution is -2.39. The van der Waals surface area contributed by atoms with E-state index in [2.05, 4.69) is 15.0 Å². The molecule has 4 rings (SSSR count). The number of hydrogen-bond donors (Lipinski definition) is 0. The number of aromatic nitrogens is 3. The van der Waals surface area contributed by atoms with Crippen LogP contribution in [0, 0.1) is 5.92 Å². The second-order valence-electron chi connectivity index (χ2n) is 7.20. The number of likely N-dealkylation sites (tertiary alicyclic amines) is 1. The minimum absolute atomic E-state index is 0.0680. The van der Waals surface area contributed by atoms with Gasteiger partial charge in [0.05, 0.1) is 17.9 Å². The van der Waals surface area contributed by atoms with Gasteiger partial charge in [-0.2, -0.15) is 0 Å². The average molecular weight is 352 g/mol. The lowest BCUT2D eigenvalue weighted by Gasteiger charge is -2.31. The molecule has 26 heavy (non-hydrogen) atoms. The Labute approximate surface area is 153 Å². The number of ether oxygens (including phenoxy) is 1. The van der Waals surface area contributed by atoms with E-state index < -0.39 is 0 Å². The minimum Gasteiger partial charge on any atom is -0.477 e. The summed E-state index contributed by atoms with van der Waals surface area (Å²) in [5.41, 5.74) is 1.77. The Balaban J connectivity index is 1.26. The highest BCUT2D eigenvalue weighted by Gasteiger charge is 2.25. The molecular weight excluding hydrogens is 328 g/mol. The van der Waals surface area contributed by atoms with E-state index in [1.54, 1.807) is 24.8 Å². The Bertz CT molecular complexity index is 740. The van der Waals surface area contributed by atoms with E-state index in [0.717, 1.165) is 31.6 Å². The molecule has 0 radical (unpaired) electrons. The summed E-state index contributed by atoms with van der Waals surface area (Å²) in [5.74, 6) is 1.78. The highest BCUT2D eigenvalue weighted by molar-refractivity contribution is 5.93. The number of piperidine rings is 1. The van der Waals surface area contributed by atoms with E-state index in [4.69, 9.17) is 4.74 Å². The molecule has 2 aliphatic rings. The van der Waals surface area contributed by atoms with Crippen LogP contribution >= 0.6 is 0 Å². The first-order valence-electron chi connectivity index (χ1n) is 9.43. The summed E-state index contributed by atoms with van der Waals surface area (Å²) in [6.45, 7) is 2.17. The molecule has 0 atom stereocenters. The van der Waals surface area contributed by atoms with Crippen LogP contribution in [-0.4, -0.2) is 45.5 Å². The van der Waals surface area contributed by atoms with Gasteiger partial charge in [0.15, 0.2) is 0 Å². The fourth-order valence-corrected chi connectivity index (χ4v) is 3.54. The van der Waals surface area contributed by atoms with Gasteiger partial charge in [-0.3, -0.25) is 9.78 Å². The molecule has 0 unspecified atom stereocenters. The topological polar surface area (TPSA) is 68.2 Å². The van der Waals surface area contributed by atoms with E-state index >= 15 is 0 Å². The van der Waals surface area contributed by atoms with Gasteiger partial charge in [-0.15, -0.1) is 0 Å². The van der Waals surface area contributed by atoms with Gasteiger partial charge in [0.1, 0.15) is 6.33 Å². The molecule has 2 aromatic rings. The number of hydrogen-bond acceptors (Lipinski definition) is 5. The second kappa shape index (κ2) is 7.81. The van der Waals surface area contributed by atoms with Gasteiger partial charge in [0, 0.05) is 37.5 Å². The van der Waals surface area contributed by atoms with Gasteiger partial charge in [0.25, 0.3) is 5.91 Å². The van der Waals surface area contributed by atoms with Gasteiger partial charge in [0.2, 0.25) is 5.88 Å². The number of carbonyl (C=O) groups is 1. The maximum Gasteiger partial charge on any atom is 0.255 e. The molecule has 0 aromatic carbocycles. The quantitative estimate of drug-likeness (QED) is 0.827. The van der Waals surface area contributed by atoms with E-state index in [9.17, 15) is 4.79 Å². The summed E-state index contributed by atoms with van der Waals surface area (Å²) in [7, 11) is 0. The summed E-state index contributed by atoms with van der Waals surface area (Å²) < 4.78 is 5.92. The predicted molar refractivity (Wildman–Crippen MR) is 97.0 cm³/mol. The fraction of sp³-hybridized carbons (Fsp3) is 0.500. The molecule has 2 fully saturated rings. The Kier molecular flexibility index (Phi) is 5.09. The molecule has 1 saturated carbocycles. The third-order valence-electron chi connectivity index (χ3n) is 5.46. The van der Waals surface area contributed by atoms with E-state index in [1.807, 2.05) is 17.0 Å². The summed E-state index contributed by atoms with van der Waals surface area (Å²) in [4.78, 5) is 27.0. The molecule has 2 aromatic heterocycles. The third kappa shape index (κ3) is 3.84. The van der Waals surface area contributed by atoms with Gasteiger partial charge in [-0.1, -0.05) is 6.42 Å². The third-order valence-corrected chi connectivity index (χ3v) is 5.46. The summed E-state index contributed by atoms with van der Waals surface area (Å²) in [5, 5.41) is 0. The monoisotopic (exact) mass is 352 g/mol. The van der Waals surface area contributed by atoms with Crippen LogP contribution in [0.2, 0.25) is 0 Å². The fourth-order valence-electron chi connectivity index (χ4n) is 3.54. The van der Waals surface area contributed by atoms with Crippen LogP contribution in [0.1, 0.15) is 54.1 Å². The van der Waals surface area contributed by atoms with Crippen molar-refractivity contribution >= 4 is 5.91 Å². The minimum atomic E-state index is 0.0680. The Morgan fingerprint density at radius 1 is 1.19 bits per heavy atom. The molecule has 0 N–H and O–H groups in total. The van der Waals surface area contributed by atoms with Crippen molar-refractivity contribution in [2.24, 2.45) is 5.92 Å². The van der Waals surface area contributed by atoms with Crippen molar-refractivity contribution in [1.82, 2.24) is 19.9 Å². The molecule has 1 saturated heterocycles. The van der Waals surface area contributed by atoms with Crippen molar-refractivity contribution in [2.75, 3.05) is 19.7 Å². The van der Waals surface area contributed by atoms with Crippen molar-refractivity contribution in [3.63, 3.8) is 0 Å². The molecule has 3 heterocycles. The van der Waals surface area contributed by atoms with Gasteiger partial charge >= 0.3 is 0 Å². The number of pyridine rings is 1. The van der Waals surface area contributed by atoms with Crippen LogP contribution in [0.3, 0.4) is 0 Å². The highest BCUT2D eigenvalue weighted by atomic mass is 16.5. The van der Waals surface area contributed by atoms with Crippen molar-refractivity contribution in [3.05, 3.63) is 48.2 Å². The molecule has 0 spiro atoms. The summed E-state index contributed by atoms with van der Waals surface area (Å²) >= 11 is 0. The first-order chi connectivity index (χ1) is 12.8. The van der Waals surface area contributed by atoms with Crippen molar-refractivity contribution in [2.45, 2.75) is 38.0 Å². The molecule has 1 aliphatic carbocycles.